The Kier molecular flexibility index (Phi) is 5.20. The Morgan fingerprint density at radius 2 is 2.32 bits per heavy atom. The second kappa shape index (κ2) is 7.13. The van der Waals surface area contributed by atoms with Crippen molar-refractivity contribution < 1.29 is 9.47 Å². The van der Waals surface area contributed by atoms with Gasteiger partial charge in [-0.15, -0.1) is 0 Å². The van der Waals surface area contributed by atoms with Crippen LogP contribution in [0.2, 0.25) is 0 Å². The van der Waals surface area contributed by atoms with Crippen LogP contribution in [-0.2, 0) is 4.74 Å². The third-order valence-corrected chi connectivity index (χ3v) is 3.36. The molecular weight excluding hydrogens is 240 g/mol. The van der Waals surface area contributed by atoms with Gasteiger partial charge in [0, 0.05) is 19.1 Å². The molecule has 19 heavy (non-hydrogen) atoms. The SMILES string of the molecule is CC1COCCN1CCCOc1ccccc1C#N. The molecule has 1 atom stereocenters. The molecule has 1 heterocycles. The minimum Gasteiger partial charge on any atom is -0.492 e. The Morgan fingerprint density at radius 3 is 3.11 bits per heavy atom. The van der Waals surface area contributed by atoms with Gasteiger partial charge < -0.3 is 9.47 Å². The fourth-order valence-electron chi connectivity index (χ4n) is 2.23. The van der Waals surface area contributed by atoms with Crippen molar-refractivity contribution >= 4 is 0 Å². The molecule has 0 aromatic heterocycles. The molecule has 0 amide bonds. The quantitative estimate of drug-likeness (QED) is 0.760. The summed E-state index contributed by atoms with van der Waals surface area (Å²) in [4.78, 5) is 2.42. The van der Waals surface area contributed by atoms with Gasteiger partial charge in [0.15, 0.2) is 0 Å². The van der Waals surface area contributed by atoms with Gasteiger partial charge >= 0.3 is 0 Å². The number of nitrogens with zero attached hydrogens (tertiary/aromatic N) is 2. The van der Waals surface area contributed by atoms with Crippen LogP contribution in [0.3, 0.4) is 0 Å². The molecule has 0 bridgehead atoms. The fourth-order valence-corrected chi connectivity index (χ4v) is 2.23. The van der Waals surface area contributed by atoms with E-state index in [0.29, 0.717) is 24.0 Å². The molecule has 2 rings (SSSR count). The molecule has 1 aliphatic heterocycles. The maximum Gasteiger partial charge on any atom is 0.137 e. The van der Waals surface area contributed by atoms with E-state index in [1.54, 1.807) is 6.07 Å². The number of nitriles is 1. The zero-order chi connectivity index (χ0) is 13.5. The van der Waals surface area contributed by atoms with E-state index in [2.05, 4.69) is 17.9 Å². The van der Waals surface area contributed by atoms with E-state index in [1.807, 2.05) is 18.2 Å². The zero-order valence-corrected chi connectivity index (χ0v) is 11.3. The molecule has 0 aliphatic carbocycles. The first-order chi connectivity index (χ1) is 9.31. The van der Waals surface area contributed by atoms with Crippen LogP contribution < -0.4 is 4.74 Å². The summed E-state index contributed by atoms with van der Waals surface area (Å²) in [6.45, 7) is 6.48. The smallest absolute Gasteiger partial charge is 0.137 e. The fraction of sp³-hybridized carbons (Fsp3) is 0.533. The summed E-state index contributed by atoms with van der Waals surface area (Å²) in [7, 11) is 0. The highest BCUT2D eigenvalue weighted by Gasteiger charge is 2.17. The van der Waals surface area contributed by atoms with Gasteiger partial charge in [-0.05, 0) is 25.5 Å². The predicted molar refractivity (Wildman–Crippen MR) is 73.1 cm³/mol. The number of rotatable bonds is 5. The summed E-state index contributed by atoms with van der Waals surface area (Å²) in [5.74, 6) is 0.681. The van der Waals surface area contributed by atoms with Crippen LogP contribution in [0.4, 0.5) is 0 Å². The number of hydrogen-bond donors (Lipinski definition) is 0. The van der Waals surface area contributed by atoms with Gasteiger partial charge in [0.1, 0.15) is 11.8 Å². The van der Waals surface area contributed by atoms with E-state index in [9.17, 15) is 0 Å². The highest BCUT2D eigenvalue weighted by molar-refractivity contribution is 5.42. The lowest BCUT2D eigenvalue weighted by molar-refractivity contribution is -0.00201. The zero-order valence-electron chi connectivity index (χ0n) is 11.3. The maximum atomic E-state index is 8.96. The van der Waals surface area contributed by atoms with Crippen molar-refractivity contribution in [3.8, 4) is 11.8 Å². The van der Waals surface area contributed by atoms with E-state index in [4.69, 9.17) is 14.7 Å². The van der Waals surface area contributed by atoms with Gasteiger partial charge in [0.05, 0.1) is 25.4 Å². The molecule has 0 N–H and O–H groups in total. The number of benzene rings is 1. The van der Waals surface area contributed by atoms with Crippen LogP contribution in [0.5, 0.6) is 5.75 Å². The summed E-state index contributed by atoms with van der Waals surface area (Å²) in [6, 6.07) is 9.98. The molecule has 1 unspecified atom stereocenters. The second-order valence-corrected chi connectivity index (χ2v) is 4.77. The normalized spacial score (nSPS) is 19.9. The van der Waals surface area contributed by atoms with Gasteiger partial charge in [0.2, 0.25) is 0 Å². The van der Waals surface area contributed by atoms with E-state index in [0.717, 1.165) is 32.7 Å². The van der Waals surface area contributed by atoms with Crippen LogP contribution in [0.15, 0.2) is 24.3 Å². The Labute approximate surface area is 114 Å². The van der Waals surface area contributed by atoms with Crippen molar-refractivity contribution in [1.82, 2.24) is 4.90 Å². The lowest BCUT2D eigenvalue weighted by Gasteiger charge is -2.33. The minimum absolute atomic E-state index is 0.486. The maximum absolute atomic E-state index is 8.96. The first-order valence-electron chi connectivity index (χ1n) is 6.75. The molecule has 0 saturated carbocycles. The van der Waals surface area contributed by atoms with E-state index in [1.165, 1.54) is 0 Å². The molecule has 1 fully saturated rings. The number of morpholine rings is 1. The van der Waals surface area contributed by atoms with Gasteiger partial charge in [0.25, 0.3) is 0 Å². The molecule has 4 heteroatoms. The number of para-hydroxylation sites is 1. The van der Waals surface area contributed by atoms with Gasteiger partial charge in [-0.25, -0.2) is 0 Å². The number of ether oxygens (including phenoxy) is 2. The summed E-state index contributed by atoms with van der Waals surface area (Å²) in [5, 5.41) is 8.96. The van der Waals surface area contributed by atoms with Crippen molar-refractivity contribution in [1.29, 1.82) is 5.26 Å². The van der Waals surface area contributed by atoms with Gasteiger partial charge in [-0.3, -0.25) is 4.90 Å². The van der Waals surface area contributed by atoms with Gasteiger partial charge in [-0.2, -0.15) is 5.26 Å². The Balaban J connectivity index is 1.73. The lowest BCUT2D eigenvalue weighted by atomic mass is 10.2. The average Bonchev–Trinajstić information content (AvgIpc) is 2.45. The summed E-state index contributed by atoms with van der Waals surface area (Å²) < 4.78 is 11.1. The average molecular weight is 260 g/mol. The molecule has 1 saturated heterocycles. The third kappa shape index (κ3) is 3.95. The first kappa shape index (κ1) is 13.9. The highest BCUT2D eigenvalue weighted by Crippen LogP contribution is 2.16. The van der Waals surface area contributed by atoms with Crippen molar-refractivity contribution in [2.75, 3.05) is 32.9 Å². The van der Waals surface area contributed by atoms with Crippen LogP contribution in [-0.4, -0.2) is 43.9 Å². The summed E-state index contributed by atoms with van der Waals surface area (Å²) in [5.41, 5.74) is 0.599. The van der Waals surface area contributed by atoms with Gasteiger partial charge in [-0.1, -0.05) is 12.1 Å². The molecule has 1 aromatic rings. The van der Waals surface area contributed by atoms with E-state index in [-0.39, 0.29) is 0 Å². The molecule has 0 radical (unpaired) electrons. The summed E-state index contributed by atoms with van der Waals surface area (Å²) in [6.07, 6.45) is 0.962. The monoisotopic (exact) mass is 260 g/mol. The largest absolute Gasteiger partial charge is 0.492 e. The van der Waals surface area contributed by atoms with Crippen molar-refractivity contribution in [2.24, 2.45) is 0 Å². The van der Waals surface area contributed by atoms with E-state index < -0.39 is 0 Å². The van der Waals surface area contributed by atoms with Crippen molar-refractivity contribution in [3.63, 3.8) is 0 Å². The lowest BCUT2D eigenvalue weighted by Crippen LogP contribution is -2.44. The second-order valence-electron chi connectivity index (χ2n) is 4.77. The third-order valence-electron chi connectivity index (χ3n) is 3.36. The first-order valence-corrected chi connectivity index (χ1v) is 6.75. The molecular formula is C15H20N2O2. The van der Waals surface area contributed by atoms with Crippen molar-refractivity contribution in [2.45, 2.75) is 19.4 Å². The molecule has 102 valence electrons. The molecule has 1 aromatic carbocycles. The Morgan fingerprint density at radius 1 is 1.47 bits per heavy atom. The van der Waals surface area contributed by atoms with Crippen LogP contribution >= 0.6 is 0 Å². The predicted octanol–water partition coefficient (Wildman–Crippen LogP) is 2.05. The van der Waals surface area contributed by atoms with Crippen LogP contribution in [0.1, 0.15) is 18.9 Å². The Hall–Kier alpha value is -1.57. The van der Waals surface area contributed by atoms with Crippen LogP contribution in [0, 0.1) is 11.3 Å². The van der Waals surface area contributed by atoms with E-state index >= 15 is 0 Å². The van der Waals surface area contributed by atoms with Crippen LogP contribution in [0.25, 0.3) is 0 Å². The standard InChI is InChI=1S/C15H20N2O2/c1-13-12-18-10-8-17(13)7-4-9-19-15-6-3-2-5-14(15)11-16/h2-3,5-6,13H,4,7-10,12H2,1H3. The number of hydrogen-bond acceptors (Lipinski definition) is 4. The summed E-state index contributed by atoms with van der Waals surface area (Å²) >= 11 is 0. The highest BCUT2D eigenvalue weighted by atomic mass is 16.5. The topological polar surface area (TPSA) is 45.5 Å². The Bertz CT molecular complexity index is 442. The minimum atomic E-state index is 0.486. The molecule has 4 nitrogen and oxygen atoms in total. The molecule has 1 aliphatic rings. The molecule has 0 spiro atoms. The van der Waals surface area contributed by atoms with Crippen molar-refractivity contribution in [3.05, 3.63) is 29.8 Å².